The molecule has 0 aliphatic carbocycles. The molecule has 1 aromatic carbocycles. The summed E-state index contributed by atoms with van der Waals surface area (Å²) in [7, 11) is 0. The van der Waals surface area contributed by atoms with E-state index in [0.29, 0.717) is 19.6 Å². The Hall–Kier alpha value is -2.24. The van der Waals surface area contributed by atoms with Gasteiger partial charge in [0.2, 0.25) is 0 Å². The lowest BCUT2D eigenvalue weighted by Crippen LogP contribution is -2.33. The van der Waals surface area contributed by atoms with E-state index in [4.69, 9.17) is 9.84 Å². The molecule has 120 valence electrons. The average molecular weight is 305 g/mol. The molecule has 0 unspecified atom stereocenters. The van der Waals surface area contributed by atoms with Gasteiger partial charge in [0, 0.05) is 25.9 Å². The lowest BCUT2D eigenvalue weighted by molar-refractivity contribution is -0.137. The van der Waals surface area contributed by atoms with Gasteiger partial charge >= 0.3 is 5.97 Å². The fourth-order valence-corrected chi connectivity index (χ4v) is 2.34. The van der Waals surface area contributed by atoms with Crippen molar-refractivity contribution in [2.45, 2.75) is 32.6 Å². The average Bonchev–Trinajstić information content (AvgIpc) is 2.96. The number of nitrogens with one attached hydrogen (secondary N) is 1. The lowest BCUT2D eigenvalue weighted by atomic mass is 10.2. The van der Waals surface area contributed by atoms with Crippen LogP contribution in [0.25, 0.3) is 0 Å². The molecular formula is C16H23N3O3. The van der Waals surface area contributed by atoms with Crippen LogP contribution < -0.4 is 15.2 Å². The topological polar surface area (TPSA) is 74.2 Å². The number of unbranched alkanes of at least 4 members (excludes halogenated alkanes) is 1. The quantitative estimate of drug-likeness (QED) is 0.722. The molecule has 0 bridgehead atoms. The van der Waals surface area contributed by atoms with E-state index in [9.17, 15) is 4.79 Å². The second-order valence-electron chi connectivity index (χ2n) is 5.09. The minimum absolute atomic E-state index is 0.214. The number of amidine groups is 1. The van der Waals surface area contributed by atoms with E-state index in [0.717, 1.165) is 36.7 Å². The van der Waals surface area contributed by atoms with Gasteiger partial charge in [-0.05, 0) is 31.9 Å². The standard InChI is InChI=1S/C16H23N3O3/c1-2-22-14-8-4-3-7-13(14)19-12-10-15(18-19)17-11-6-5-9-16(20)21/h3-4,7-8H,2,5-6,9-12H2,1H3,(H,17,18)(H,20,21). The van der Waals surface area contributed by atoms with E-state index >= 15 is 0 Å². The van der Waals surface area contributed by atoms with E-state index in [-0.39, 0.29) is 6.42 Å². The summed E-state index contributed by atoms with van der Waals surface area (Å²) in [5, 5.41) is 10.6. The van der Waals surface area contributed by atoms with Crippen molar-refractivity contribution in [1.82, 2.24) is 5.43 Å². The Kier molecular flexibility index (Phi) is 6.06. The summed E-state index contributed by atoms with van der Waals surface area (Å²) in [5.41, 5.74) is 4.31. The maximum atomic E-state index is 10.4. The molecule has 1 aliphatic rings. The Morgan fingerprint density at radius 1 is 1.41 bits per heavy atom. The molecule has 6 heteroatoms. The summed E-state index contributed by atoms with van der Waals surface area (Å²) >= 11 is 0. The maximum Gasteiger partial charge on any atom is 0.303 e. The Morgan fingerprint density at radius 2 is 2.23 bits per heavy atom. The highest BCUT2D eigenvalue weighted by atomic mass is 16.5. The van der Waals surface area contributed by atoms with Crippen molar-refractivity contribution in [2.75, 3.05) is 24.7 Å². The highest BCUT2D eigenvalue weighted by molar-refractivity contribution is 5.87. The van der Waals surface area contributed by atoms with Gasteiger partial charge in [-0.2, -0.15) is 0 Å². The van der Waals surface area contributed by atoms with Gasteiger partial charge in [-0.3, -0.25) is 20.2 Å². The zero-order valence-corrected chi connectivity index (χ0v) is 12.9. The van der Waals surface area contributed by atoms with E-state index in [2.05, 4.69) is 10.4 Å². The third kappa shape index (κ3) is 4.65. The molecule has 1 heterocycles. The number of anilines is 1. The predicted molar refractivity (Wildman–Crippen MR) is 86.5 cm³/mol. The van der Waals surface area contributed by atoms with Crippen LogP contribution in [0.5, 0.6) is 5.75 Å². The molecule has 0 radical (unpaired) electrons. The molecule has 0 amide bonds. The number of aliphatic imine (C=N–C) groups is 1. The van der Waals surface area contributed by atoms with Gasteiger partial charge in [-0.15, -0.1) is 0 Å². The van der Waals surface area contributed by atoms with Gasteiger partial charge in [0.15, 0.2) is 0 Å². The number of hydrogen-bond donors (Lipinski definition) is 2. The van der Waals surface area contributed by atoms with Crippen LogP contribution in [0.3, 0.4) is 0 Å². The van der Waals surface area contributed by atoms with Crippen LogP contribution in [0.4, 0.5) is 5.69 Å². The number of carbonyl (C=O) groups is 1. The Bertz CT molecular complexity index is 531. The van der Waals surface area contributed by atoms with Crippen molar-refractivity contribution in [2.24, 2.45) is 4.99 Å². The monoisotopic (exact) mass is 305 g/mol. The predicted octanol–water partition coefficient (Wildman–Crippen LogP) is 2.45. The van der Waals surface area contributed by atoms with E-state index in [1.807, 2.05) is 36.2 Å². The first kappa shape index (κ1) is 16.1. The fraction of sp³-hybridized carbons (Fsp3) is 0.500. The molecule has 6 nitrogen and oxygen atoms in total. The summed E-state index contributed by atoms with van der Waals surface area (Å²) < 4.78 is 5.64. The first-order valence-corrected chi connectivity index (χ1v) is 7.72. The van der Waals surface area contributed by atoms with Crippen molar-refractivity contribution in [3.63, 3.8) is 0 Å². The maximum absolute atomic E-state index is 10.4. The Balaban J connectivity index is 1.86. The van der Waals surface area contributed by atoms with E-state index < -0.39 is 5.97 Å². The van der Waals surface area contributed by atoms with Crippen LogP contribution in [0, 0.1) is 0 Å². The highest BCUT2D eigenvalue weighted by Crippen LogP contribution is 2.28. The first-order valence-electron chi connectivity index (χ1n) is 7.72. The summed E-state index contributed by atoms with van der Waals surface area (Å²) in [5.74, 6) is 1.06. The number of ether oxygens (including phenoxy) is 1. The van der Waals surface area contributed by atoms with E-state index in [1.165, 1.54) is 0 Å². The molecule has 1 fully saturated rings. The van der Waals surface area contributed by atoms with Gasteiger partial charge in [0.25, 0.3) is 0 Å². The van der Waals surface area contributed by atoms with Crippen molar-refractivity contribution >= 4 is 17.5 Å². The van der Waals surface area contributed by atoms with Crippen molar-refractivity contribution < 1.29 is 14.6 Å². The number of benzene rings is 1. The molecule has 0 saturated carbocycles. The van der Waals surface area contributed by atoms with Crippen LogP contribution in [0.2, 0.25) is 0 Å². The van der Waals surface area contributed by atoms with Crippen molar-refractivity contribution in [1.29, 1.82) is 0 Å². The Morgan fingerprint density at radius 3 is 3.00 bits per heavy atom. The number of nitrogens with zero attached hydrogens (tertiary/aromatic N) is 2. The second-order valence-corrected chi connectivity index (χ2v) is 5.09. The van der Waals surface area contributed by atoms with Crippen LogP contribution in [-0.2, 0) is 4.79 Å². The number of carboxylic acid groups (broad SMARTS) is 1. The lowest BCUT2D eigenvalue weighted by Gasteiger charge is -2.21. The van der Waals surface area contributed by atoms with E-state index in [1.54, 1.807) is 0 Å². The van der Waals surface area contributed by atoms with Crippen LogP contribution in [-0.4, -0.2) is 36.6 Å². The normalized spacial score (nSPS) is 15.9. The summed E-state index contributed by atoms with van der Waals surface area (Å²) in [6, 6.07) is 7.93. The smallest absolute Gasteiger partial charge is 0.303 e. The molecule has 22 heavy (non-hydrogen) atoms. The molecule has 2 N–H and O–H groups in total. The molecule has 1 aliphatic heterocycles. The molecule has 1 aromatic rings. The van der Waals surface area contributed by atoms with Crippen LogP contribution in [0.15, 0.2) is 29.3 Å². The second kappa shape index (κ2) is 8.26. The zero-order valence-electron chi connectivity index (χ0n) is 12.9. The Labute approximate surface area is 130 Å². The molecule has 1 saturated heterocycles. The van der Waals surface area contributed by atoms with Gasteiger partial charge in [0.1, 0.15) is 11.6 Å². The number of para-hydroxylation sites is 2. The minimum Gasteiger partial charge on any atom is -0.492 e. The van der Waals surface area contributed by atoms with Crippen molar-refractivity contribution in [3.8, 4) is 5.75 Å². The number of aliphatic carboxylic acids is 1. The van der Waals surface area contributed by atoms with Crippen LogP contribution >= 0.6 is 0 Å². The SMILES string of the molecule is CCOc1ccccc1N1CCC(=NCCCCC(=O)O)N1. The van der Waals surface area contributed by atoms with Gasteiger partial charge in [-0.1, -0.05) is 12.1 Å². The fourth-order valence-electron chi connectivity index (χ4n) is 2.34. The third-order valence-corrected chi connectivity index (χ3v) is 3.39. The summed E-state index contributed by atoms with van der Waals surface area (Å²) in [4.78, 5) is 14.9. The summed E-state index contributed by atoms with van der Waals surface area (Å²) in [6.45, 7) is 4.11. The van der Waals surface area contributed by atoms with Gasteiger partial charge in [0.05, 0.1) is 12.3 Å². The molecule has 0 atom stereocenters. The largest absolute Gasteiger partial charge is 0.492 e. The number of hydrogen-bond acceptors (Lipinski definition) is 4. The molecular weight excluding hydrogens is 282 g/mol. The van der Waals surface area contributed by atoms with Gasteiger partial charge < -0.3 is 9.84 Å². The first-order chi connectivity index (χ1) is 10.7. The number of hydrazine groups is 1. The number of carboxylic acids is 1. The number of rotatable bonds is 8. The molecule has 0 spiro atoms. The van der Waals surface area contributed by atoms with Crippen molar-refractivity contribution in [3.05, 3.63) is 24.3 Å². The molecule has 2 rings (SSSR count). The molecule has 0 aromatic heterocycles. The zero-order chi connectivity index (χ0) is 15.8. The minimum atomic E-state index is -0.745. The van der Waals surface area contributed by atoms with Crippen LogP contribution in [0.1, 0.15) is 32.6 Å². The van der Waals surface area contributed by atoms with Gasteiger partial charge in [-0.25, -0.2) is 0 Å². The third-order valence-electron chi connectivity index (χ3n) is 3.39. The summed E-state index contributed by atoms with van der Waals surface area (Å²) in [6.07, 6.45) is 2.54. The highest BCUT2D eigenvalue weighted by Gasteiger charge is 2.19.